The quantitative estimate of drug-likeness (QED) is 0.606. The first-order valence-corrected chi connectivity index (χ1v) is 11.1. The normalized spacial score (nSPS) is 14.2. The van der Waals surface area contributed by atoms with Crippen LogP contribution in [0.2, 0.25) is 0 Å². The van der Waals surface area contributed by atoms with E-state index in [1.54, 1.807) is 41.8 Å². The molecule has 3 rings (SSSR count). The summed E-state index contributed by atoms with van der Waals surface area (Å²) in [6.07, 6.45) is 3.85. The third kappa shape index (κ3) is 5.20. The number of aromatic nitrogens is 2. The van der Waals surface area contributed by atoms with Gasteiger partial charge in [0.05, 0.1) is 30.8 Å². The third-order valence-electron chi connectivity index (χ3n) is 4.87. The van der Waals surface area contributed by atoms with Gasteiger partial charge in [0.25, 0.3) is 0 Å². The molecule has 1 aromatic heterocycles. The summed E-state index contributed by atoms with van der Waals surface area (Å²) in [6.45, 7) is 3.33. The molecule has 1 amide bonds. The largest absolute Gasteiger partial charge is 0.383 e. The van der Waals surface area contributed by atoms with Crippen molar-refractivity contribution in [3.05, 3.63) is 47.8 Å². The average Bonchev–Trinajstić information content (AvgIpc) is 3.38. The average molecular weight is 406 g/mol. The summed E-state index contributed by atoms with van der Waals surface area (Å²) in [6, 6.07) is 9.05. The van der Waals surface area contributed by atoms with E-state index in [2.05, 4.69) is 4.98 Å². The molecule has 0 N–H and O–H groups in total. The molecule has 1 aromatic carbocycles. The van der Waals surface area contributed by atoms with Crippen LogP contribution in [0, 0.1) is 5.92 Å². The Morgan fingerprint density at radius 3 is 2.61 bits per heavy atom. The highest BCUT2D eigenvalue weighted by Gasteiger charge is 2.28. The van der Waals surface area contributed by atoms with Crippen molar-refractivity contribution in [2.45, 2.75) is 43.8 Å². The zero-order chi connectivity index (χ0) is 20.1. The van der Waals surface area contributed by atoms with E-state index >= 15 is 0 Å². The Kier molecular flexibility index (Phi) is 6.51. The lowest BCUT2D eigenvalue weighted by molar-refractivity contribution is -0.129. The van der Waals surface area contributed by atoms with Crippen LogP contribution in [0.5, 0.6) is 0 Å². The van der Waals surface area contributed by atoms with Crippen LogP contribution >= 0.6 is 0 Å². The number of carbonyl (C=O) groups is 1. The van der Waals surface area contributed by atoms with E-state index in [4.69, 9.17) is 4.74 Å². The minimum atomic E-state index is -3.63. The van der Waals surface area contributed by atoms with E-state index in [-0.39, 0.29) is 16.8 Å². The monoisotopic (exact) mass is 405 g/mol. The van der Waals surface area contributed by atoms with Crippen LogP contribution in [0.1, 0.15) is 31.0 Å². The summed E-state index contributed by atoms with van der Waals surface area (Å²) in [5.41, 5.74) is 1.42. The lowest BCUT2D eigenvalue weighted by atomic mass is 10.2. The summed E-state index contributed by atoms with van der Waals surface area (Å²) >= 11 is 0. The van der Waals surface area contributed by atoms with Gasteiger partial charge in [-0.25, -0.2) is 13.4 Å². The predicted molar refractivity (Wildman–Crippen MR) is 105 cm³/mol. The number of nitrogens with zero attached hydrogens (tertiary/aromatic N) is 3. The van der Waals surface area contributed by atoms with E-state index in [0.717, 1.165) is 12.8 Å². The molecular weight excluding hydrogens is 378 g/mol. The van der Waals surface area contributed by atoms with Gasteiger partial charge in [-0.1, -0.05) is 30.3 Å². The molecule has 152 valence electrons. The Balaban J connectivity index is 1.87. The van der Waals surface area contributed by atoms with Crippen molar-refractivity contribution < 1.29 is 17.9 Å². The van der Waals surface area contributed by atoms with Crippen LogP contribution in [0.25, 0.3) is 0 Å². The van der Waals surface area contributed by atoms with Gasteiger partial charge in [-0.2, -0.15) is 0 Å². The lowest BCUT2D eigenvalue weighted by Crippen LogP contribution is -2.31. The second-order valence-corrected chi connectivity index (χ2v) is 9.15. The standard InChI is InChI=1S/C20H27N3O4S/c1-16(24)22(13-17-8-9-17)14-19-12-21-20(23(19)10-11-27-2)28(25,26)15-18-6-4-3-5-7-18/h3-7,12,17H,8-11,13-15H2,1-2H3. The highest BCUT2D eigenvalue weighted by molar-refractivity contribution is 7.90. The van der Waals surface area contributed by atoms with Gasteiger partial charge in [-0.3, -0.25) is 4.79 Å². The first-order chi connectivity index (χ1) is 13.4. The topological polar surface area (TPSA) is 81.5 Å². The number of sulfone groups is 1. The van der Waals surface area contributed by atoms with Crippen molar-refractivity contribution in [1.29, 1.82) is 0 Å². The number of hydrogen-bond acceptors (Lipinski definition) is 5. The third-order valence-corrected chi connectivity index (χ3v) is 6.47. The molecule has 1 fully saturated rings. The highest BCUT2D eigenvalue weighted by atomic mass is 32.2. The van der Waals surface area contributed by atoms with Gasteiger partial charge in [0.1, 0.15) is 0 Å². The summed E-state index contributed by atoms with van der Waals surface area (Å²) in [5.74, 6) is 0.427. The molecule has 2 aromatic rings. The minimum Gasteiger partial charge on any atom is -0.383 e. The van der Waals surface area contributed by atoms with Gasteiger partial charge in [0.15, 0.2) is 0 Å². The first-order valence-electron chi connectivity index (χ1n) is 9.46. The van der Waals surface area contributed by atoms with Crippen molar-refractivity contribution >= 4 is 15.7 Å². The van der Waals surface area contributed by atoms with Crippen LogP contribution in [-0.2, 0) is 38.2 Å². The number of amides is 1. The van der Waals surface area contributed by atoms with E-state index in [1.165, 1.54) is 0 Å². The van der Waals surface area contributed by atoms with E-state index in [0.29, 0.717) is 43.4 Å². The Morgan fingerprint density at radius 1 is 1.29 bits per heavy atom. The van der Waals surface area contributed by atoms with E-state index < -0.39 is 9.84 Å². The van der Waals surface area contributed by atoms with E-state index in [1.807, 2.05) is 18.2 Å². The molecule has 28 heavy (non-hydrogen) atoms. The SMILES string of the molecule is COCCn1c(CN(CC2CC2)C(C)=O)cnc1S(=O)(=O)Cc1ccccc1. The Labute approximate surface area is 166 Å². The Bertz CT molecular complexity index is 905. The Hall–Kier alpha value is -2.19. The molecule has 1 heterocycles. The molecule has 8 heteroatoms. The maximum Gasteiger partial charge on any atom is 0.228 e. The fourth-order valence-corrected chi connectivity index (χ4v) is 4.68. The van der Waals surface area contributed by atoms with Gasteiger partial charge in [0.2, 0.25) is 20.9 Å². The van der Waals surface area contributed by atoms with Crippen molar-refractivity contribution in [3.63, 3.8) is 0 Å². The summed E-state index contributed by atoms with van der Waals surface area (Å²) in [5, 5.41) is 0.0262. The molecule has 0 aliphatic heterocycles. The molecular formula is C20H27N3O4S. The maximum absolute atomic E-state index is 13.0. The van der Waals surface area contributed by atoms with Gasteiger partial charge in [-0.15, -0.1) is 0 Å². The molecule has 7 nitrogen and oxygen atoms in total. The zero-order valence-corrected chi connectivity index (χ0v) is 17.2. The molecule has 0 atom stereocenters. The summed E-state index contributed by atoms with van der Waals surface area (Å²) in [7, 11) is -2.05. The number of methoxy groups -OCH3 is 1. The number of carbonyl (C=O) groups excluding carboxylic acids is 1. The van der Waals surface area contributed by atoms with Crippen LogP contribution in [0.15, 0.2) is 41.7 Å². The van der Waals surface area contributed by atoms with Crippen LogP contribution < -0.4 is 0 Å². The molecule has 1 aliphatic carbocycles. The van der Waals surface area contributed by atoms with Crippen molar-refractivity contribution in [2.75, 3.05) is 20.3 Å². The van der Waals surface area contributed by atoms with E-state index in [9.17, 15) is 13.2 Å². The number of benzene rings is 1. The molecule has 1 aliphatic rings. The molecule has 0 saturated heterocycles. The predicted octanol–water partition coefficient (Wildman–Crippen LogP) is 2.26. The highest BCUT2D eigenvalue weighted by Crippen LogP contribution is 2.30. The maximum atomic E-state index is 13.0. The number of imidazole rings is 1. The molecule has 0 bridgehead atoms. The fourth-order valence-electron chi connectivity index (χ4n) is 3.16. The molecule has 0 radical (unpaired) electrons. The zero-order valence-electron chi connectivity index (χ0n) is 16.4. The van der Waals surface area contributed by atoms with Crippen LogP contribution in [0.4, 0.5) is 0 Å². The van der Waals surface area contributed by atoms with Crippen molar-refractivity contribution in [3.8, 4) is 0 Å². The summed E-state index contributed by atoms with van der Waals surface area (Å²) in [4.78, 5) is 18.0. The van der Waals surface area contributed by atoms with Gasteiger partial charge in [0, 0.05) is 27.1 Å². The number of hydrogen-bond donors (Lipinski definition) is 0. The minimum absolute atomic E-state index is 0.0138. The molecule has 0 unspecified atom stereocenters. The Morgan fingerprint density at radius 2 is 2.00 bits per heavy atom. The van der Waals surface area contributed by atoms with Gasteiger partial charge >= 0.3 is 0 Å². The second kappa shape index (κ2) is 8.87. The summed E-state index contributed by atoms with van der Waals surface area (Å²) < 4.78 is 32.8. The lowest BCUT2D eigenvalue weighted by Gasteiger charge is -2.22. The van der Waals surface area contributed by atoms with Gasteiger partial charge in [-0.05, 0) is 24.3 Å². The molecule has 1 saturated carbocycles. The van der Waals surface area contributed by atoms with Crippen molar-refractivity contribution in [1.82, 2.24) is 14.5 Å². The smallest absolute Gasteiger partial charge is 0.228 e. The first kappa shape index (κ1) is 20.5. The molecule has 0 spiro atoms. The number of rotatable bonds is 10. The van der Waals surface area contributed by atoms with Gasteiger partial charge < -0.3 is 14.2 Å². The van der Waals surface area contributed by atoms with Crippen molar-refractivity contribution in [2.24, 2.45) is 5.92 Å². The van der Waals surface area contributed by atoms with Crippen LogP contribution in [-0.4, -0.2) is 49.0 Å². The second-order valence-electron chi connectivity index (χ2n) is 7.26. The number of ether oxygens (including phenoxy) is 1. The van der Waals surface area contributed by atoms with Crippen LogP contribution in [0.3, 0.4) is 0 Å². The fraction of sp³-hybridized carbons (Fsp3) is 0.500.